The molecule has 21 heavy (non-hydrogen) atoms. The molecular formula is C15H23N3OS2. The fraction of sp³-hybridized carbons (Fsp3) is 0.467. The van der Waals surface area contributed by atoms with Crippen LogP contribution in [0.1, 0.15) is 31.9 Å². The molecule has 0 spiro atoms. The smallest absolute Gasteiger partial charge is 0.248 e. The first-order valence-corrected chi connectivity index (χ1v) is 8.14. The number of thioether (sulfide) groups is 1. The van der Waals surface area contributed by atoms with E-state index in [-0.39, 0.29) is 11.4 Å². The van der Waals surface area contributed by atoms with Gasteiger partial charge in [-0.3, -0.25) is 15.6 Å². The minimum Gasteiger partial charge on any atom is -0.357 e. The highest BCUT2D eigenvalue weighted by Gasteiger charge is 2.11. The zero-order chi connectivity index (χ0) is 16.0. The van der Waals surface area contributed by atoms with Crippen molar-refractivity contribution in [3.63, 3.8) is 0 Å². The molecule has 0 aliphatic heterocycles. The number of amides is 1. The molecule has 1 amide bonds. The Kier molecular flexibility index (Phi) is 6.48. The van der Waals surface area contributed by atoms with Crippen molar-refractivity contribution in [3.8, 4) is 0 Å². The number of carbonyl (C=O) groups is 1. The molecule has 0 aliphatic carbocycles. The molecule has 1 aromatic carbocycles. The minimum atomic E-state index is -0.136. The highest BCUT2D eigenvalue weighted by Crippen LogP contribution is 2.22. The molecule has 0 unspecified atom stereocenters. The number of benzene rings is 1. The second-order valence-electron chi connectivity index (χ2n) is 5.93. The summed E-state index contributed by atoms with van der Waals surface area (Å²) in [7, 11) is 0. The summed E-state index contributed by atoms with van der Waals surface area (Å²) in [4.78, 5) is 12.9. The van der Waals surface area contributed by atoms with Crippen LogP contribution in [0.2, 0.25) is 0 Å². The first kappa shape index (κ1) is 17.8. The summed E-state index contributed by atoms with van der Waals surface area (Å²) in [6, 6.07) is 6.20. The van der Waals surface area contributed by atoms with Crippen molar-refractivity contribution in [2.24, 2.45) is 0 Å². The van der Waals surface area contributed by atoms with E-state index in [1.165, 1.54) is 22.9 Å². The Morgan fingerprint density at radius 3 is 2.48 bits per heavy atom. The Balaban J connectivity index is 2.36. The van der Waals surface area contributed by atoms with Gasteiger partial charge in [-0.25, -0.2) is 0 Å². The van der Waals surface area contributed by atoms with Crippen LogP contribution in [0.15, 0.2) is 23.1 Å². The highest BCUT2D eigenvalue weighted by atomic mass is 32.2. The van der Waals surface area contributed by atoms with Gasteiger partial charge in [-0.05, 0) is 58.5 Å². The maximum absolute atomic E-state index is 11.8. The van der Waals surface area contributed by atoms with Gasteiger partial charge in [-0.2, -0.15) is 0 Å². The van der Waals surface area contributed by atoms with Crippen LogP contribution in [-0.2, 0) is 4.79 Å². The Labute approximate surface area is 136 Å². The lowest BCUT2D eigenvalue weighted by molar-refractivity contribution is -0.119. The van der Waals surface area contributed by atoms with Crippen LogP contribution in [0.25, 0.3) is 0 Å². The Bertz CT molecular complexity index is 524. The fourth-order valence-corrected chi connectivity index (χ4v) is 2.81. The molecule has 116 valence electrons. The number of hydrogen-bond acceptors (Lipinski definition) is 3. The molecule has 0 aliphatic rings. The normalized spacial score (nSPS) is 10.9. The minimum absolute atomic E-state index is 0.113. The van der Waals surface area contributed by atoms with Crippen LogP contribution in [0, 0.1) is 13.8 Å². The number of thiocarbonyl (C=S) groups is 1. The van der Waals surface area contributed by atoms with E-state index in [1.54, 1.807) is 0 Å². The molecule has 0 heterocycles. The van der Waals surface area contributed by atoms with Gasteiger partial charge in [-0.1, -0.05) is 17.7 Å². The van der Waals surface area contributed by atoms with E-state index < -0.39 is 0 Å². The Morgan fingerprint density at radius 2 is 1.90 bits per heavy atom. The summed E-state index contributed by atoms with van der Waals surface area (Å²) in [5, 5.41) is 3.47. The van der Waals surface area contributed by atoms with Gasteiger partial charge in [0, 0.05) is 10.4 Å². The van der Waals surface area contributed by atoms with Crippen LogP contribution in [0.3, 0.4) is 0 Å². The first-order chi connectivity index (χ1) is 9.67. The second kappa shape index (κ2) is 7.66. The maximum Gasteiger partial charge on any atom is 0.248 e. The number of hydrogen-bond donors (Lipinski definition) is 3. The third kappa shape index (κ3) is 7.34. The van der Waals surface area contributed by atoms with E-state index in [0.717, 1.165) is 4.90 Å². The van der Waals surface area contributed by atoms with Crippen molar-refractivity contribution < 1.29 is 4.79 Å². The third-order valence-electron chi connectivity index (χ3n) is 2.49. The highest BCUT2D eigenvalue weighted by molar-refractivity contribution is 8.00. The standard InChI is InChI=1S/C15H23N3OS2/c1-10-6-7-12(11(2)8-10)21-9-13(19)17-18-14(20)16-15(3,4)5/h6-8H,9H2,1-5H3,(H,17,19)(H2,16,18,20). The lowest BCUT2D eigenvalue weighted by atomic mass is 10.1. The van der Waals surface area contributed by atoms with Gasteiger partial charge >= 0.3 is 0 Å². The second-order valence-corrected chi connectivity index (χ2v) is 7.36. The van der Waals surface area contributed by atoms with E-state index >= 15 is 0 Å². The monoisotopic (exact) mass is 325 g/mol. The van der Waals surface area contributed by atoms with Gasteiger partial charge in [0.05, 0.1) is 5.75 Å². The molecule has 0 radical (unpaired) electrons. The molecule has 3 N–H and O–H groups in total. The van der Waals surface area contributed by atoms with Crippen molar-refractivity contribution in [2.45, 2.75) is 45.1 Å². The first-order valence-electron chi connectivity index (χ1n) is 6.74. The zero-order valence-electron chi connectivity index (χ0n) is 13.2. The summed E-state index contributed by atoms with van der Waals surface area (Å²) in [5.74, 6) is 0.229. The predicted octanol–water partition coefficient (Wildman–Crippen LogP) is 2.69. The average molecular weight is 326 g/mol. The lowest BCUT2D eigenvalue weighted by Gasteiger charge is -2.23. The molecular weight excluding hydrogens is 302 g/mol. The number of aryl methyl sites for hydroxylation is 2. The van der Waals surface area contributed by atoms with E-state index in [4.69, 9.17) is 12.2 Å². The van der Waals surface area contributed by atoms with Crippen LogP contribution < -0.4 is 16.2 Å². The summed E-state index contributed by atoms with van der Waals surface area (Å²) in [6.45, 7) is 10.1. The maximum atomic E-state index is 11.8. The molecule has 0 bridgehead atoms. The summed E-state index contributed by atoms with van der Waals surface area (Å²) in [6.07, 6.45) is 0. The SMILES string of the molecule is Cc1ccc(SCC(=O)NNC(=S)NC(C)(C)C)c(C)c1. The topological polar surface area (TPSA) is 53.2 Å². The summed E-state index contributed by atoms with van der Waals surface area (Å²) in [5.41, 5.74) is 7.57. The summed E-state index contributed by atoms with van der Waals surface area (Å²) >= 11 is 6.60. The van der Waals surface area contributed by atoms with Crippen molar-refractivity contribution >= 4 is 35.0 Å². The van der Waals surface area contributed by atoms with E-state index in [0.29, 0.717) is 10.9 Å². The average Bonchev–Trinajstić information content (AvgIpc) is 2.33. The van der Waals surface area contributed by atoms with Crippen LogP contribution in [0.5, 0.6) is 0 Å². The molecule has 6 heteroatoms. The van der Waals surface area contributed by atoms with Crippen LogP contribution in [0.4, 0.5) is 0 Å². The van der Waals surface area contributed by atoms with Crippen molar-refractivity contribution in [3.05, 3.63) is 29.3 Å². The molecule has 0 fully saturated rings. The van der Waals surface area contributed by atoms with E-state index in [2.05, 4.69) is 29.2 Å². The summed E-state index contributed by atoms with van der Waals surface area (Å²) < 4.78 is 0. The molecule has 1 rings (SSSR count). The van der Waals surface area contributed by atoms with E-state index in [1.807, 2.05) is 39.8 Å². The fourth-order valence-electron chi connectivity index (χ4n) is 1.64. The Morgan fingerprint density at radius 1 is 1.24 bits per heavy atom. The zero-order valence-corrected chi connectivity index (χ0v) is 14.8. The molecule has 0 atom stereocenters. The molecule has 0 saturated heterocycles. The molecule has 1 aromatic rings. The van der Waals surface area contributed by atoms with Gasteiger partial charge < -0.3 is 5.32 Å². The van der Waals surface area contributed by atoms with Gasteiger partial charge in [0.25, 0.3) is 0 Å². The van der Waals surface area contributed by atoms with Gasteiger partial charge in [0.2, 0.25) is 5.91 Å². The number of hydrazine groups is 1. The lowest BCUT2D eigenvalue weighted by Crippen LogP contribution is -2.52. The van der Waals surface area contributed by atoms with Crippen LogP contribution >= 0.6 is 24.0 Å². The predicted molar refractivity (Wildman–Crippen MR) is 93.4 cm³/mol. The molecule has 4 nitrogen and oxygen atoms in total. The molecule has 0 saturated carbocycles. The largest absolute Gasteiger partial charge is 0.357 e. The van der Waals surface area contributed by atoms with E-state index in [9.17, 15) is 4.79 Å². The van der Waals surface area contributed by atoms with Crippen molar-refractivity contribution in [2.75, 3.05) is 5.75 Å². The van der Waals surface area contributed by atoms with Gasteiger partial charge in [0.15, 0.2) is 5.11 Å². The molecule has 0 aromatic heterocycles. The number of rotatable bonds is 3. The van der Waals surface area contributed by atoms with Crippen LogP contribution in [-0.4, -0.2) is 22.3 Å². The Hall–Kier alpha value is -1.27. The number of nitrogens with one attached hydrogen (secondary N) is 3. The van der Waals surface area contributed by atoms with Crippen molar-refractivity contribution in [1.29, 1.82) is 0 Å². The third-order valence-corrected chi connectivity index (χ3v) is 3.87. The van der Waals surface area contributed by atoms with Crippen molar-refractivity contribution in [1.82, 2.24) is 16.2 Å². The number of carbonyl (C=O) groups excluding carboxylic acids is 1. The quantitative estimate of drug-likeness (QED) is 0.453. The van der Waals surface area contributed by atoms with Gasteiger partial charge in [0.1, 0.15) is 0 Å². The van der Waals surface area contributed by atoms with Gasteiger partial charge in [-0.15, -0.1) is 11.8 Å².